The van der Waals surface area contributed by atoms with Crippen LogP contribution in [0.5, 0.6) is 0 Å². The molecule has 2 nitrogen and oxygen atoms in total. The van der Waals surface area contributed by atoms with Crippen molar-refractivity contribution < 1.29 is 4.39 Å². The fraction of sp³-hybridized carbons (Fsp3) is 0.267. The van der Waals surface area contributed by atoms with Crippen LogP contribution in [0.1, 0.15) is 42.5 Å². The third-order valence-electron chi connectivity index (χ3n) is 3.10. The van der Waals surface area contributed by atoms with E-state index in [1.807, 2.05) is 24.3 Å². The SMILES string of the molecule is CC(C)c1ccc(C(N)c2ccncc2F)cc1. The zero-order valence-electron chi connectivity index (χ0n) is 10.6. The van der Waals surface area contributed by atoms with E-state index in [2.05, 4.69) is 18.8 Å². The number of halogens is 1. The standard InChI is InChI=1S/C15H17FN2/c1-10(2)11-3-5-12(6-4-11)15(17)13-7-8-18-9-14(13)16/h3-10,15H,17H2,1-2H3. The van der Waals surface area contributed by atoms with E-state index in [0.717, 1.165) is 5.56 Å². The number of hydrogen-bond acceptors (Lipinski definition) is 2. The van der Waals surface area contributed by atoms with E-state index >= 15 is 0 Å². The Bertz CT molecular complexity index is 520. The molecular weight excluding hydrogens is 227 g/mol. The Hall–Kier alpha value is -1.74. The first kappa shape index (κ1) is 12.7. The van der Waals surface area contributed by atoms with Gasteiger partial charge in [-0.05, 0) is 23.1 Å². The summed E-state index contributed by atoms with van der Waals surface area (Å²) < 4.78 is 13.6. The van der Waals surface area contributed by atoms with Crippen LogP contribution in [0, 0.1) is 5.82 Å². The van der Waals surface area contributed by atoms with Crippen molar-refractivity contribution in [1.29, 1.82) is 0 Å². The zero-order valence-corrected chi connectivity index (χ0v) is 10.6. The molecule has 0 saturated heterocycles. The number of aromatic nitrogens is 1. The highest BCUT2D eigenvalue weighted by Crippen LogP contribution is 2.23. The lowest BCUT2D eigenvalue weighted by molar-refractivity contribution is 0.593. The maximum atomic E-state index is 13.6. The summed E-state index contributed by atoms with van der Waals surface area (Å²) in [6, 6.07) is 9.17. The Balaban J connectivity index is 2.29. The van der Waals surface area contributed by atoms with Gasteiger partial charge in [-0.25, -0.2) is 4.39 Å². The lowest BCUT2D eigenvalue weighted by atomic mass is 9.96. The van der Waals surface area contributed by atoms with Gasteiger partial charge in [0.1, 0.15) is 5.82 Å². The van der Waals surface area contributed by atoms with Crippen molar-refractivity contribution in [2.45, 2.75) is 25.8 Å². The summed E-state index contributed by atoms with van der Waals surface area (Å²) >= 11 is 0. The smallest absolute Gasteiger partial charge is 0.146 e. The molecule has 1 atom stereocenters. The Kier molecular flexibility index (Phi) is 3.72. The first-order valence-corrected chi connectivity index (χ1v) is 6.04. The number of rotatable bonds is 3. The molecule has 0 saturated carbocycles. The van der Waals surface area contributed by atoms with Crippen molar-refractivity contribution in [2.24, 2.45) is 5.73 Å². The van der Waals surface area contributed by atoms with Crippen molar-refractivity contribution in [1.82, 2.24) is 4.98 Å². The predicted octanol–water partition coefficient (Wildman–Crippen LogP) is 3.39. The van der Waals surface area contributed by atoms with E-state index in [1.54, 1.807) is 12.3 Å². The van der Waals surface area contributed by atoms with Gasteiger partial charge in [0, 0.05) is 11.8 Å². The van der Waals surface area contributed by atoms with Crippen LogP contribution in [0.4, 0.5) is 4.39 Å². The van der Waals surface area contributed by atoms with Crippen LogP contribution in [0.15, 0.2) is 42.7 Å². The molecule has 1 aromatic carbocycles. The predicted molar refractivity (Wildman–Crippen MR) is 70.8 cm³/mol. The van der Waals surface area contributed by atoms with Gasteiger partial charge in [-0.1, -0.05) is 38.1 Å². The first-order chi connectivity index (χ1) is 8.59. The quantitative estimate of drug-likeness (QED) is 0.898. The topological polar surface area (TPSA) is 38.9 Å². The Morgan fingerprint density at radius 3 is 2.22 bits per heavy atom. The average Bonchev–Trinajstić information content (AvgIpc) is 2.38. The minimum atomic E-state index is -0.450. The van der Waals surface area contributed by atoms with Gasteiger partial charge in [0.2, 0.25) is 0 Å². The molecule has 0 radical (unpaired) electrons. The molecule has 18 heavy (non-hydrogen) atoms. The molecular formula is C15H17FN2. The maximum absolute atomic E-state index is 13.6. The van der Waals surface area contributed by atoms with E-state index in [4.69, 9.17) is 5.73 Å². The number of hydrogen-bond donors (Lipinski definition) is 1. The van der Waals surface area contributed by atoms with Crippen LogP contribution in [-0.2, 0) is 0 Å². The number of nitrogens with two attached hydrogens (primary N) is 1. The van der Waals surface area contributed by atoms with Crippen LogP contribution in [0.3, 0.4) is 0 Å². The van der Waals surface area contributed by atoms with Crippen LogP contribution in [-0.4, -0.2) is 4.98 Å². The second-order valence-corrected chi connectivity index (χ2v) is 4.70. The molecule has 1 unspecified atom stereocenters. The van der Waals surface area contributed by atoms with E-state index in [1.165, 1.54) is 11.8 Å². The summed E-state index contributed by atoms with van der Waals surface area (Å²) in [4.78, 5) is 3.73. The second-order valence-electron chi connectivity index (χ2n) is 4.70. The lowest BCUT2D eigenvalue weighted by Gasteiger charge is -2.14. The molecule has 0 spiro atoms. The number of pyridine rings is 1. The van der Waals surface area contributed by atoms with E-state index in [9.17, 15) is 4.39 Å². The summed E-state index contributed by atoms with van der Waals surface area (Å²) in [6.45, 7) is 4.27. The lowest BCUT2D eigenvalue weighted by Crippen LogP contribution is -2.13. The molecule has 1 aromatic heterocycles. The highest BCUT2D eigenvalue weighted by molar-refractivity contribution is 5.33. The third-order valence-corrected chi connectivity index (χ3v) is 3.10. The molecule has 0 fully saturated rings. The summed E-state index contributed by atoms with van der Waals surface area (Å²) in [5.41, 5.74) is 8.71. The van der Waals surface area contributed by atoms with Gasteiger partial charge in [0.25, 0.3) is 0 Å². The van der Waals surface area contributed by atoms with E-state index in [0.29, 0.717) is 11.5 Å². The summed E-state index contributed by atoms with van der Waals surface area (Å²) in [6.07, 6.45) is 2.75. The Labute approximate surface area is 107 Å². The Morgan fingerprint density at radius 1 is 1.06 bits per heavy atom. The summed E-state index contributed by atoms with van der Waals surface area (Å²) in [5, 5.41) is 0. The molecule has 1 heterocycles. The van der Waals surface area contributed by atoms with Gasteiger partial charge in [0.15, 0.2) is 0 Å². The van der Waals surface area contributed by atoms with E-state index < -0.39 is 6.04 Å². The van der Waals surface area contributed by atoms with Crippen LogP contribution in [0.2, 0.25) is 0 Å². The zero-order chi connectivity index (χ0) is 13.1. The van der Waals surface area contributed by atoms with Gasteiger partial charge >= 0.3 is 0 Å². The van der Waals surface area contributed by atoms with Gasteiger partial charge in [-0.2, -0.15) is 0 Å². The maximum Gasteiger partial charge on any atom is 0.146 e. The van der Waals surface area contributed by atoms with E-state index in [-0.39, 0.29) is 5.82 Å². The van der Waals surface area contributed by atoms with Crippen LogP contribution < -0.4 is 5.73 Å². The summed E-state index contributed by atoms with van der Waals surface area (Å²) in [7, 11) is 0. The molecule has 0 bridgehead atoms. The minimum Gasteiger partial charge on any atom is -0.320 e. The van der Waals surface area contributed by atoms with Crippen LogP contribution in [0.25, 0.3) is 0 Å². The number of benzene rings is 1. The Morgan fingerprint density at radius 2 is 1.67 bits per heavy atom. The molecule has 94 valence electrons. The van der Waals surface area contributed by atoms with Crippen molar-refractivity contribution in [2.75, 3.05) is 0 Å². The number of nitrogens with zero attached hydrogens (tertiary/aromatic N) is 1. The molecule has 0 aliphatic heterocycles. The van der Waals surface area contributed by atoms with Crippen molar-refractivity contribution in [3.05, 3.63) is 65.2 Å². The van der Waals surface area contributed by atoms with Crippen molar-refractivity contribution in [3.63, 3.8) is 0 Å². The molecule has 2 rings (SSSR count). The monoisotopic (exact) mass is 244 g/mol. The van der Waals surface area contributed by atoms with Crippen molar-refractivity contribution in [3.8, 4) is 0 Å². The van der Waals surface area contributed by atoms with Gasteiger partial charge in [-0.3, -0.25) is 4.98 Å². The van der Waals surface area contributed by atoms with Gasteiger partial charge in [0.05, 0.1) is 12.2 Å². The molecule has 0 aliphatic carbocycles. The highest BCUT2D eigenvalue weighted by atomic mass is 19.1. The molecule has 3 heteroatoms. The van der Waals surface area contributed by atoms with Gasteiger partial charge in [-0.15, -0.1) is 0 Å². The molecule has 0 amide bonds. The van der Waals surface area contributed by atoms with Crippen molar-refractivity contribution >= 4 is 0 Å². The average molecular weight is 244 g/mol. The summed E-state index contributed by atoms with van der Waals surface area (Å²) in [5.74, 6) is 0.117. The largest absolute Gasteiger partial charge is 0.320 e. The minimum absolute atomic E-state index is 0.363. The fourth-order valence-electron chi connectivity index (χ4n) is 1.91. The first-order valence-electron chi connectivity index (χ1n) is 6.04. The third kappa shape index (κ3) is 2.57. The molecule has 2 N–H and O–H groups in total. The second kappa shape index (κ2) is 5.27. The van der Waals surface area contributed by atoms with Crippen LogP contribution >= 0.6 is 0 Å². The highest BCUT2D eigenvalue weighted by Gasteiger charge is 2.13. The fourth-order valence-corrected chi connectivity index (χ4v) is 1.91. The normalized spacial score (nSPS) is 12.7. The molecule has 0 aliphatic rings. The molecule has 2 aromatic rings. The van der Waals surface area contributed by atoms with Gasteiger partial charge < -0.3 is 5.73 Å².